The molecule has 0 saturated heterocycles. The third kappa shape index (κ3) is 2.60. The molecule has 1 atom stereocenters. The lowest BCUT2D eigenvalue weighted by atomic mass is 9.93. The van der Waals surface area contributed by atoms with Gasteiger partial charge in [-0.25, -0.2) is 13.1 Å². The Morgan fingerprint density at radius 2 is 2.47 bits per heavy atom. The van der Waals surface area contributed by atoms with Crippen LogP contribution < -0.4 is 4.72 Å². The number of fused-ring (bicyclic) bond motifs is 1. The minimum atomic E-state index is -3.41. The summed E-state index contributed by atoms with van der Waals surface area (Å²) in [6.45, 7) is 6.02. The van der Waals surface area contributed by atoms with Crippen LogP contribution in [-0.2, 0) is 26.8 Å². The molecule has 0 saturated carbocycles. The lowest BCUT2D eigenvalue weighted by molar-refractivity contribution is -0.0403. The molecule has 0 radical (unpaired) electrons. The van der Waals surface area contributed by atoms with Crippen molar-refractivity contribution < 1.29 is 13.2 Å². The Kier molecular flexibility index (Phi) is 3.40. The number of rotatable bonds is 4. The van der Waals surface area contributed by atoms with Gasteiger partial charge < -0.3 is 4.74 Å². The topological polar surface area (TPSA) is 55.4 Å². The van der Waals surface area contributed by atoms with Crippen molar-refractivity contribution >= 4 is 21.4 Å². The Morgan fingerprint density at radius 3 is 3.18 bits per heavy atom. The van der Waals surface area contributed by atoms with Crippen LogP contribution in [0.4, 0.5) is 0 Å². The maximum absolute atomic E-state index is 11.4. The summed E-state index contributed by atoms with van der Waals surface area (Å²) in [6, 6.07) is 2.00. The zero-order valence-corrected chi connectivity index (χ0v) is 11.2. The summed E-state index contributed by atoms with van der Waals surface area (Å²) >= 11 is 1.69. The van der Waals surface area contributed by atoms with Crippen LogP contribution in [0.3, 0.4) is 0 Å². The van der Waals surface area contributed by atoms with Crippen molar-refractivity contribution in [2.45, 2.75) is 18.9 Å². The number of hydrogen-bond donors (Lipinski definition) is 1. The van der Waals surface area contributed by atoms with Gasteiger partial charge in [0.1, 0.15) is 5.60 Å². The average molecular weight is 273 g/mol. The van der Waals surface area contributed by atoms with Crippen molar-refractivity contribution in [1.29, 1.82) is 0 Å². The molecule has 1 unspecified atom stereocenters. The first kappa shape index (κ1) is 12.8. The molecule has 1 N–H and O–H groups in total. The largest absolute Gasteiger partial charge is 0.369 e. The quantitative estimate of drug-likeness (QED) is 0.906. The van der Waals surface area contributed by atoms with E-state index in [-0.39, 0.29) is 6.54 Å². The van der Waals surface area contributed by atoms with E-state index in [9.17, 15) is 8.42 Å². The van der Waals surface area contributed by atoms with Crippen LogP contribution >= 0.6 is 11.3 Å². The molecule has 0 aliphatic carbocycles. The van der Waals surface area contributed by atoms with Gasteiger partial charge in [-0.05, 0) is 23.9 Å². The van der Waals surface area contributed by atoms with Gasteiger partial charge in [0.25, 0.3) is 0 Å². The first-order chi connectivity index (χ1) is 7.97. The fourth-order valence-electron chi connectivity index (χ4n) is 1.90. The highest BCUT2D eigenvalue weighted by atomic mass is 32.2. The highest BCUT2D eigenvalue weighted by Gasteiger charge is 2.34. The molecule has 2 rings (SSSR count). The Hall–Kier alpha value is -0.690. The molecule has 1 aliphatic rings. The summed E-state index contributed by atoms with van der Waals surface area (Å²) in [7, 11) is -3.41. The Labute approximate surface area is 105 Å². The summed E-state index contributed by atoms with van der Waals surface area (Å²) in [5.74, 6) is 0. The average Bonchev–Trinajstić information content (AvgIpc) is 2.77. The fourth-order valence-corrected chi connectivity index (χ4v) is 3.47. The molecular weight excluding hydrogens is 258 g/mol. The summed E-state index contributed by atoms with van der Waals surface area (Å²) in [5.41, 5.74) is 0.504. The van der Waals surface area contributed by atoms with E-state index in [1.807, 2.05) is 18.4 Å². The van der Waals surface area contributed by atoms with E-state index in [2.05, 4.69) is 11.3 Å². The third-order valence-electron chi connectivity index (χ3n) is 2.90. The van der Waals surface area contributed by atoms with Crippen LogP contribution in [0.15, 0.2) is 23.4 Å². The molecule has 0 bridgehead atoms. The van der Waals surface area contributed by atoms with E-state index in [0.29, 0.717) is 6.61 Å². The summed E-state index contributed by atoms with van der Waals surface area (Å²) in [4.78, 5) is 1.27. The maximum Gasteiger partial charge on any atom is 0.233 e. The van der Waals surface area contributed by atoms with E-state index in [4.69, 9.17) is 4.74 Å². The van der Waals surface area contributed by atoms with E-state index in [1.165, 1.54) is 4.88 Å². The lowest BCUT2D eigenvalue weighted by Gasteiger charge is -2.34. The first-order valence-corrected chi connectivity index (χ1v) is 7.72. The molecule has 6 heteroatoms. The molecule has 1 aromatic heterocycles. The molecule has 4 nitrogen and oxygen atoms in total. The summed E-state index contributed by atoms with van der Waals surface area (Å²) in [6.07, 6.45) is 0.900. The van der Waals surface area contributed by atoms with E-state index < -0.39 is 15.6 Å². The molecule has 0 spiro atoms. The Balaban J connectivity index is 2.19. The molecule has 1 aliphatic heterocycles. The smallest absolute Gasteiger partial charge is 0.233 e. The van der Waals surface area contributed by atoms with Gasteiger partial charge in [0.15, 0.2) is 0 Å². The van der Waals surface area contributed by atoms with Crippen molar-refractivity contribution in [2.24, 2.45) is 0 Å². The third-order valence-corrected chi connectivity index (χ3v) is 4.86. The van der Waals surface area contributed by atoms with E-state index in [1.54, 1.807) is 11.3 Å². The van der Waals surface area contributed by atoms with Gasteiger partial charge in [-0.15, -0.1) is 11.3 Å². The molecular formula is C11H15NO3S2. The van der Waals surface area contributed by atoms with Gasteiger partial charge in [-0.3, -0.25) is 0 Å². The maximum atomic E-state index is 11.4. The number of nitrogens with one attached hydrogen (secondary N) is 1. The molecule has 1 aromatic rings. The predicted octanol–water partition coefficient (Wildman–Crippen LogP) is 1.60. The summed E-state index contributed by atoms with van der Waals surface area (Å²) in [5, 5.41) is 2.92. The monoisotopic (exact) mass is 273 g/mol. The fraction of sp³-hybridized carbons (Fsp3) is 0.455. The standard InChI is InChI=1S/C11H15NO3S2/c1-3-17(13,14)12-8-11(2)9-5-7-16-10(9)4-6-15-11/h3,5,7,12H,1,4,6,8H2,2H3. The van der Waals surface area contributed by atoms with Crippen molar-refractivity contribution in [3.63, 3.8) is 0 Å². The number of ether oxygens (including phenoxy) is 1. The molecule has 17 heavy (non-hydrogen) atoms. The Bertz CT molecular complexity index is 521. The second-order valence-corrected chi connectivity index (χ2v) is 6.83. The van der Waals surface area contributed by atoms with Gasteiger partial charge in [0.05, 0.1) is 6.61 Å². The highest BCUT2D eigenvalue weighted by Crippen LogP contribution is 2.35. The van der Waals surface area contributed by atoms with Gasteiger partial charge in [-0.2, -0.15) is 0 Å². The van der Waals surface area contributed by atoms with Crippen molar-refractivity contribution in [3.05, 3.63) is 33.9 Å². The molecule has 2 heterocycles. The predicted molar refractivity (Wildman–Crippen MR) is 68.4 cm³/mol. The van der Waals surface area contributed by atoms with Gasteiger partial charge in [0.2, 0.25) is 10.0 Å². The molecule has 0 fully saturated rings. The minimum Gasteiger partial charge on any atom is -0.369 e. The van der Waals surface area contributed by atoms with Crippen molar-refractivity contribution in [3.8, 4) is 0 Å². The molecule has 0 aromatic carbocycles. The summed E-state index contributed by atoms with van der Waals surface area (Å²) < 4.78 is 30.9. The van der Waals surface area contributed by atoms with Crippen LogP contribution in [0.5, 0.6) is 0 Å². The van der Waals surface area contributed by atoms with Crippen molar-refractivity contribution in [2.75, 3.05) is 13.2 Å². The van der Waals surface area contributed by atoms with Gasteiger partial charge in [-0.1, -0.05) is 6.58 Å². The zero-order valence-electron chi connectivity index (χ0n) is 9.60. The SMILES string of the molecule is C=CS(=O)(=O)NCC1(C)OCCc2sccc21. The Morgan fingerprint density at radius 1 is 1.71 bits per heavy atom. The van der Waals surface area contributed by atoms with Gasteiger partial charge in [0, 0.05) is 23.3 Å². The highest BCUT2D eigenvalue weighted by molar-refractivity contribution is 7.92. The normalized spacial score (nSPS) is 24.3. The van der Waals surface area contributed by atoms with E-state index in [0.717, 1.165) is 17.4 Å². The van der Waals surface area contributed by atoms with Crippen LogP contribution in [0, 0.1) is 0 Å². The van der Waals surface area contributed by atoms with Crippen LogP contribution in [0.1, 0.15) is 17.4 Å². The van der Waals surface area contributed by atoms with Crippen LogP contribution in [0.2, 0.25) is 0 Å². The zero-order chi connectivity index (χ0) is 12.5. The van der Waals surface area contributed by atoms with Gasteiger partial charge >= 0.3 is 0 Å². The number of hydrogen-bond acceptors (Lipinski definition) is 4. The first-order valence-electron chi connectivity index (χ1n) is 5.30. The minimum absolute atomic E-state index is 0.227. The number of thiophene rings is 1. The van der Waals surface area contributed by atoms with Crippen molar-refractivity contribution in [1.82, 2.24) is 4.72 Å². The number of sulfonamides is 1. The van der Waals surface area contributed by atoms with E-state index >= 15 is 0 Å². The van der Waals surface area contributed by atoms with Crippen LogP contribution in [0.25, 0.3) is 0 Å². The second kappa shape index (κ2) is 4.53. The molecule has 0 amide bonds. The van der Waals surface area contributed by atoms with Crippen LogP contribution in [-0.4, -0.2) is 21.6 Å². The second-order valence-electron chi connectivity index (χ2n) is 4.12. The molecule has 94 valence electrons. The lowest BCUT2D eigenvalue weighted by Crippen LogP contribution is -2.42.